The number of rotatable bonds is 1. The normalized spacial score (nSPS) is 33.9. The van der Waals surface area contributed by atoms with Gasteiger partial charge in [-0.1, -0.05) is 0 Å². The van der Waals surface area contributed by atoms with Crippen LogP contribution < -0.4 is 0 Å². The number of aliphatic hydroxyl groups is 1. The van der Waals surface area contributed by atoms with Crippen molar-refractivity contribution in [3.63, 3.8) is 0 Å². The van der Waals surface area contributed by atoms with Gasteiger partial charge in [0.1, 0.15) is 6.10 Å². The summed E-state index contributed by atoms with van der Waals surface area (Å²) in [4.78, 5) is 24.1. The highest BCUT2D eigenvalue weighted by Crippen LogP contribution is 2.20. The van der Waals surface area contributed by atoms with Crippen molar-refractivity contribution in [3.8, 4) is 0 Å². The van der Waals surface area contributed by atoms with Gasteiger partial charge in [-0.05, 0) is 6.42 Å². The zero-order valence-corrected chi connectivity index (χ0v) is 7.81. The Balaban J connectivity index is 2.13. The molecule has 0 aromatic heterocycles. The van der Waals surface area contributed by atoms with Crippen LogP contribution in [0.5, 0.6) is 0 Å². The maximum atomic E-state index is 11.5. The molecule has 5 heteroatoms. The summed E-state index contributed by atoms with van der Waals surface area (Å²) in [5.74, 6) is -0.369. The lowest BCUT2D eigenvalue weighted by atomic mass is 10.1. The zero-order valence-electron chi connectivity index (χ0n) is 7.81. The molecule has 2 atom stereocenters. The zero-order chi connectivity index (χ0) is 10.1. The average Bonchev–Trinajstić information content (AvgIpc) is 2.52. The molecule has 0 aromatic rings. The molecule has 0 spiro atoms. The van der Waals surface area contributed by atoms with E-state index in [4.69, 9.17) is 4.74 Å². The monoisotopic (exact) mass is 199 g/mol. The Kier molecular flexibility index (Phi) is 2.52. The fraction of sp³-hybridized carbons (Fsp3) is 0.778. The first-order valence-corrected chi connectivity index (χ1v) is 4.81. The van der Waals surface area contributed by atoms with E-state index in [1.807, 2.05) is 0 Å². The number of carbonyl (C=O) groups excluding carboxylic acids is 2. The fourth-order valence-electron chi connectivity index (χ4n) is 1.92. The fourth-order valence-corrected chi connectivity index (χ4v) is 1.92. The van der Waals surface area contributed by atoms with Gasteiger partial charge in [-0.2, -0.15) is 0 Å². The molecule has 2 saturated heterocycles. The van der Waals surface area contributed by atoms with Crippen LogP contribution >= 0.6 is 0 Å². The number of imide groups is 1. The van der Waals surface area contributed by atoms with E-state index in [9.17, 15) is 14.7 Å². The molecular weight excluding hydrogens is 186 g/mol. The second-order valence-corrected chi connectivity index (χ2v) is 3.68. The van der Waals surface area contributed by atoms with Crippen LogP contribution in [0, 0.1) is 0 Å². The Hall–Kier alpha value is -0.940. The molecule has 2 aliphatic heterocycles. The van der Waals surface area contributed by atoms with E-state index in [1.54, 1.807) is 0 Å². The van der Waals surface area contributed by atoms with E-state index in [1.165, 1.54) is 4.90 Å². The summed E-state index contributed by atoms with van der Waals surface area (Å²) in [6.45, 7) is 0.473. The number of carbonyl (C=O) groups is 2. The molecular formula is C9H13NO4. The van der Waals surface area contributed by atoms with Crippen LogP contribution in [-0.2, 0) is 14.3 Å². The number of ether oxygens (including phenoxy) is 1. The van der Waals surface area contributed by atoms with Crippen LogP contribution in [0.4, 0.5) is 0 Å². The molecule has 5 nitrogen and oxygen atoms in total. The van der Waals surface area contributed by atoms with Crippen LogP contribution in [-0.4, -0.2) is 47.2 Å². The largest absolute Gasteiger partial charge is 0.388 e. The molecule has 14 heavy (non-hydrogen) atoms. The minimum atomic E-state index is -0.721. The van der Waals surface area contributed by atoms with Crippen LogP contribution in [0.15, 0.2) is 0 Å². The van der Waals surface area contributed by atoms with E-state index in [0.717, 1.165) is 0 Å². The first kappa shape index (κ1) is 9.61. The maximum Gasteiger partial charge on any atom is 0.229 e. The standard InChI is InChI=1S/C9H13NO4/c11-7-5-14-4-6(7)10-8(12)2-1-3-9(10)13/h6-7,11H,1-5H2/t6-,7-/m1/s1. The summed E-state index contributed by atoms with van der Waals surface area (Å²) in [6.07, 6.45) is 0.697. The van der Waals surface area contributed by atoms with Crippen LogP contribution in [0.2, 0.25) is 0 Å². The van der Waals surface area contributed by atoms with Gasteiger partial charge in [-0.25, -0.2) is 0 Å². The van der Waals surface area contributed by atoms with E-state index in [-0.39, 0.29) is 25.0 Å². The molecule has 0 aromatic carbocycles. The van der Waals surface area contributed by atoms with Crippen LogP contribution in [0.25, 0.3) is 0 Å². The van der Waals surface area contributed by atoms with Crippen LogP contribution in [0.1, 0.15) is 19.3 Å². The number of aliphatic hydroxyl groups excluding tert-OH is 1. The lowest BCUT2D eigenvalue weighted by Gasteiger charge is -2.31. The van der Waals surface area contributed by atoms with E-state index >= 15 is 0 Å². The molecule has 0 saturated carbocycles. The second-order valence-electron chi connectivity index (χ2n) is 3.68. The van der Waals surface area contributed by atoms with Gasteiger partial charge in [-0.3, -0.25) is 14.5 Å². The molecule has 0 radical (unpaired) electrons. The topological polar surface area (TPSA) is 66.8 Å². The third kappa shape index (κ3) is 1.53. The first-order valence-electron chi connectivity index (χ1n) is 4.81. The molecule has 1 N–H and O–H groups in total. The van der Waals surface area contributed by atoms with Crippen molar-refractivity contribution >= 4 is 11.8 Å². The first-order chi connectivity index (χ1) is 6.70. The minimum absolute atomic E-state index is 0.184. The second kappa shape index (κ2) is 3.67. The lowest BCUT2D eigenvalue weighted by molar-refractivity contribution is -0.152. The Labute approximate surface area is 81.6 Å². The Morgan fingerprint density at radius 1 is 1.21 bits per heavy atom. The van der Waals surface area contributed by atoms with Crippen LogP contribution in [0.3, 0.4) is 0 Å². The number of likely N-dealkylation sites (tertiary alicyclic amines) is 1. The molecule has 2 rings (SSSR count). The molecule has 0 unspecified atom stereocenters. The van der Waals surface area contributed by atoms with Crippen molar-refractivity contribution in [3.05, 3.63) is 0 Å². The van der Waals surface area contributed by atoms with Gasteiger partial charge in [0.15, 0.2) is 0 Å². The highest BCUT2D eigenvalue weighted by atomic mass is 16.5. The van der Waals surface area contributed by atoms with E-state index in [0.29, 0.717) is 19.3 Å². The molecule has 0 bridgehead atoms. The third-order valence-electron chi connectivity index (χ3n) is 2.67. The van der Waals surface area contributed by atoms with E-state index in [2.05, 4.69) is 0 Å². The van der Waals surface area contributed by atoms with Crippen molar-refractivity contribution in [2.24, 2.45) is 0 Å². The van der Waals surface area contributed by atoms with Crippen molar-refractivity contribution in [1.29, 1.82) is 0 Å². The highest BCUT2D eigenvalue weighted by Gasteiger charge is 2.39. The Bertz CT molecular complexity index is 250. The van der Waals surface area contributed by atoms with Gasteiger partial charge >= 0.3 is 0 Å². The summed E-state index contributed by atoms with van der Waals surface area (Å²) in [7, 11) is 0. The summed E-state index contributed by atoms with van der Waals surface area (Å²) in [5, 5.41) is 9.51. The predicted octanol–water partition coefficient (Wildman–Crippen LogP) is -0.715. The molecule has 2 amide bonds. The number of hydrogen-bond donors (Lipinski definition) is 1. The minimum Gasteiger partial charge on any atom is -0.388 e. The average molecular weight is 199 g/mol. The van der Waals surface area contributed by atoms with Gasteiger partial charge in [-0.15, -0.1) is 0 Å². The summed E-state index contributed by atoms with van der Waals surface area (Å²) in [6, 6.07) is -0.463. The molecule has 2 heterocycles. The smallest absolute Gasteiger partial charge is 0.229 e. The number of amides is 2. The van der Waals surface area contributed by atoms with E-state index < -0.39 is 12.1 Å². The Morgan fingerprint density at radius 2 is 1.86 bits per heavy atom. The van der Waals surface area contributed by atoms with Gasteiger partial charge in [0.25, 0.3) is 0 Å². The van der Waals surface area contributed by atoms with Crippen molar-refractivity contribution in [2.45, 2.75) is 31.4 Å². The number of piperidine rings is 1. The maximum absolute atomic E-state index is 11.5. The van der Waals surface area contributed by atoms with Crippen molar-refractivity contribution < 1.29 is 19.4 Å². The molecule has 78 valence electrons. The highest BCUT2D eigenvalue weighted by molar-refractivity contribution is 5.98. The summed E-state index contributed by atoms with van der Waals surface area (Å²) >= 11 is 0. The molecule has 0 aliphatic carbocycles. The quantitative estimate of drug-likeness (QED) is 0.566. The summed E-state index contributed by atoms with van der Waals surface area (Å²) < 4.78 is 5.02. The lowest BCUT2D eigenvalue weighted by Crippen LogP contribution is -2.51. The number of nitrogens with zero attached hydrogens (tertiary/aromatic N) is 1. The van der Waals surface area contributed by atoms with Gasteiger partial charge in [0.05, 0.1) is 19.3 Å². The van der Waals surface area contributed by atoms with Gasteiger partial charge in [0.2, 0.25) is 11.8 Å². The van der Waals surface area contributed by atoms with Crippen molar-refractivity contribution in [1.82, 2.24) is 4.90 Å². The van der Waals surface area contributed by atoms with Gasteiger partial charge in [0, 0.05) is 12.8 Å². The molecule has 2 aliphatic rings. The summed E-state index contributed by atoms with van der Waals surface area (Å²) in [5.41, 5.74) is 0. The third-order valence-corrected chi connectivity index (χ3v) is 2.67. The predicted molar refractivity (Wildman–Crippen MR) is 46.3 cm³/mol. The molecule has 2 fully saturated rings. The van der Waals surface area contributed by atoms with Crippen molar-refractivity contribution in [2.75, 3.05) is 13.2 Å². The SMILES string of the molecule is O=C1CCCC(=O)N1[C@@H]1COC[C@H]1O. The number of hydrogen-bond acceptors (Lipinski definition) is 4. The van der Waals surface area contributed by atoms with Gasteiger partial charge < -0.3 is 9.84 Å². The Morgan fingerprint density at radius 3 is 2.36 bits per heavy atom.